The second-order valence-corrected chi connectivity index (χ2v) is 3.26. The van der Waals surface area contributed by atoms with Crippen molar-refractivity contribution in [3.8, 4) is 0 Å². The minimum Gasteiger partial charge on any atom is -0.317 e. The number of carbonyl (C=O) groups is 1. The van der Waals surface area contributed by atoms with Gasteiger partial charge < -0.3 is 10.3 Å². The van der Waals surface area contributed by atoms with E-state index in [2.05, 4.69) is 15.5 Å². The van der Waals surface area contributed by atoms with E-state index in [1.807, 2.05) is 0 Å². The van der Waals surface area contributed by atoms with Crippen molar-refractivity contribution in [3.05, 3.63) is 5.82 Å². The number of nitrogens with two attached hydrogens (primary N) is 1. The van der Waals surface area contributed by atoms with Crippen molar-refractivity contribution in [2.45, 2.75) is 25.3 Å². The fraction of sp³-hybridized carbons (Fsp3) is 0.571. The van der Waals surface area contributed by atoms with Gasteiger partial charge in [-0.3, -0.25) is 10.1 Å². The molecular weight excluding hydrogens is 172 g/mol. The zero-order valence-electron chi connectivity index (χ0n) is 7.20. The number of anilines is 1. The van der Waals surface area contributed by atoms with Crippen molar-refractivity contribution in [1.29, 1.82) is 0 Å². The Morgan fingerprint density at radius 1 is 1.69 bits per heavy atom. The molecule has 1 heterocycles. The quantitative estimate of drug-likeness (QED) is 0.661. The lowest BCUT2D eigenvalue weighted by atomic mass is 10.3. The maximum atomic E-state index is 11.3. The number of carbonyl (C=O) groups excluding carboxylic acids is 1. The van der Waals surface area contributed by atoms with E-state index in [0.29, 0.717) is 18.7 Å². The van der Waals surface area contributed by atoms with Crippen LogP contribution in [0.2, 0.25) is 0 Å². The maximum Gasteiger partial charge on any atom is 0.328 e. The summed E-state index contributed by atoms with van der Waals surface area (Å²) in [7, 11) is 0. The van der Waals surface area contributed by atoms with Crippen molar-refractivity contribution in [2.24, 2.45) is 5.73 Å². The van der Waals surface area contributed by atoms with Gasteiger partial charge in [0, 0.05) is 0 Å². The van der Waals surface area contributed by atoms with E-state index in [4.69, 9.17) is 10.3 Å². The summed E-state index contributed by atoms with van der Waals surface area (Å²) in [4.78, 5) is 15.2. The normalized spacial score (nSPS) is 18.3. The first kappa shape index (κ1) is 8.18. The third kappa shape index (κ3) is 1.52. The van der Waals surface area contributed by atoms with Gasteiger partial charge in [0.15, 0.2) is 5.82 Å². The summed E-state index contributed by atoms with van der Waals surface area (Å²) < 4.78 is 4.71. The molecule has 0 aromatic carbocycles. The van der Waals surface area contributed by atoms with Crippen LogP contribution in [0.15, 0.2) is 4.52 Å². The molecule has 0 spiro atoms. The van der Waals surface area contributed by atoms with Crippen molar-refractivity contribution >= 4 is 11.9 Å². The van der Waals surface area contributed by atoms with Gasteiger partial charge in [-0.15, -0.1) is 0 Å². The van der Waals surface area contributed by atoms with Crippen LogP contribution in [0, 0.1) is 6.92 Å². The minimum absolute atomic E-state index is 0.110. The smallest absolute Gasteiger partial charge is 0.317 e. The van der Waals surface area contributed by atoms with Crippen LogP contribution in [0.3, 0.4) is 0 Å². The van der Waals surface area contributed by atoms with E-state index in [1.165, 1.54) is 0 Å². The molecule has 1 saturated carbocycles. The van der Waals surface area contributed by atoms with Crippen LogP contribution in [0.25, 0.3) is 0 Å². The maximum absolute atomic E-state index is 11.3. The highest BCUT2D eigenvalue weighted by molar-refractivity contribution is 5.98. The van der Waals surface area contributed by atoms with Gasteiger partial charge in [0.05, 0.1) is 5.54 Å². The largest absolute Gasteiger partial charge is 0.328 e. The molecule has 3 N–H and O–H groups in total. The highest BCUT2D eigenvalue weighted by Gasteiger charge is 2.46. The Morgan fingerprint density at radius 2 is 2.38 bits per heavy atom. The van der Waals surface area contributed by atoms with Gasteiger partial charge in [-0.25, -0.2) is 0 Å². The molecule has 0 unspecified atom stereocenters. The fourth-order valence-electron chi connectivity index (χ4n) is 0.931. The Labute approximate surface area is 74.5 Å². The molecular formula is C7H10N4O2. The summed E-state index contributed by atoms with van der Waals surface area (Å²) >= 11 is 0. The van der Waals surface area contributed by atoms with Gasteiger partial charge in [0.2, 0.25) is 5.91 Å². The van der Waals surface area contributed by atoms with E-state index in [1.54, 1.807) is 6.92 Å². The first-order valence-electron chi connectivity index (χ1n) is 4.01. The average molecular weight is 182 g/mol. The summed E-state index contributed by atoms with van der Waals surface area (Å²) in [6.07, 6.45) is 1.43. The fourth-order valence-corrected chi connectivity index (χ4v) is 0.931. The van der Waals surface area contributed by atoms with Crippen LogP contribution >= 0.6 is 0 Å². The van der Waals surface area contributed by atoms with Crippen molar-refractivity contribution in [1.82, 2.24) is 10.1 Å². The Kier molecular flexibility index (Phi) is 1.59. The molecule has 2 rings (SSSR count). The molecule has 6 nitrogen and oxygen atoms in total. The zero-order valence-corrected chi connectivity index (χ0v) is 7.20. The van der Waals surface area contributed by atoms with Gasteiger partial charge in [-0.05, 0) is 19.8 Å². The molecule has 1 amide bonds. The SMILES string of the molecule is Cc1noc(NC(=O)C2(N)CC2)n1. The molecule has 0 aliphatic heterocycles. The Bertz CT molecular complexity index is 342. The molecule has 70 valence electrons. The first-order chi connectivity index (χ1) is 6.10. The third-order valence-electron chi connectivity index (χ3n) is 1.99. The van der Waals surface area contributed by atoms with Crippen LogP contribution < -0.4 is 11.1 Å². The van der Waals surface area contributed by atoms with Gasteiger partial charge in [-0.2, -0.15) is 4.98 Å². The van der Waals surface area contributed by atoms with Crippen LogP contribution in [0.4, 0.5) is 6.01 Å². The van der Waals surface area contributed by atoms with Gasteiger partial charge >= 0.3 is 6.01 Å². The number of aromatic nitrogens is 2. The van der Waals surface area contributed by atoms with Crippen LogP contribution in [-0.4, -0.2) is 21.6 Å². The van der Waals surface area contributed by atoms with Gasteiger partial charge in [-0.1, -0.05) is 5.16 Å². The number of amides is 1. The lowest BCUT2D eigenvalue weighted by molar-refractivity contribution is -0.118. The van der Waals surface area contributed by atoms with Gasteiger partial charge in [0.25, 0.3) is 0 Å². The van der Waals surface area contributed by atoms with Crippen molar-refractivity contribution < 1.29 is 9.32 Å². The summed E-state index contributed by atoms with van der Waals surface area (Å²) in [5.74, 6) is 0.230. The van der Waals surface area contributed by atoms with Crippen LogP contribution in [0.5, 0.6) is 0 Å². The molecule has 0 saturated heterocycles. The Hall–Kier alpha value is -1.43. The van der Waals surface area contributed by atoms with E-state index in [9.17, 15) is 4.79 Å². The number of hydrogen-bond acceptors (Lipinski definition) is 5. The van der Waals surface area contributed by atoms with Crippen LogP contribution in [-0.2, 0) is 4.79 Å². The second kappa shape index (κ2) is 2.53. The zero-order chi connectivity index (χ0) is 9.47. The minimum atomic E-state index is -0.706. The summed E-state index contributed by atoms with van der Waals surface area (Å²) in [6, 6.07) is 0.110. The Morgan fingerprint density at radius 3 is 2.85 bits per heavy atom. The summed E-state index contributed by atoms with van der Waals surface area (Å²) in [5, 5.41) is 5.99. The predicted molar refractivity (Wildman–Crippen MR) is 43.8 cm³/mol. The van der Waals surface area contributed by atoms with E-state index >= 15 is 0 Å². The molecule has 6 heteroatoms. The Balaban J connectivity index is 2.02. The molecule has 1 aromatic rings. The number of aryl methyl sites for hydroxylation is 1. The molecule has 1 aliphatic carbocycles. The number of rotatable bonds is 2. The first-order valence-corrected chi connectivity index (χ1v) is 4.01. The molecule has 0 atom stereocenters. The third-order valence-corrected chi connectivity index (χ3v) is 1.99. The van der Waals surface area contributed by atoms with E-state index in [0.717, 1.165) is 0 Å². The summed E-state index contributed by atoms with van der Waals surface area (Å²) in [5.41, 5.74) is 4.94. The standard InChI is InChI=1S/C7H10N4O2/c1-4-9-6(13-11-4)10-5(12)7(8)2-3-7/h2-3,8H2,1H3,(H,9,10,11,12). The molecule has 0 bridgehead atoms. The number of nitrogens with zero attached hydrogens (tertiary/aromatic N) is 2. The molecule has 13 heavy (non-hydrogen) atoms. The topological polar surface area (TPSA) is 94.0 Å². The second-order valence-electron chi connectivity index (χ2n) is 3.26. The molecule has 1 aliphatic rings. The van der Waals surface area contributed by atoms with Gasteiger partial charge in [0.1, 0.15) is 0 Å². The monoisotopic (exact) mass is 182 g/mol. The van der Waals surface area contributed by atoms with Crippen molar-refractivity contribution in [2.75, 3.05) is 5.32 Å². The predicted octanol–water partition coefficient (Wildman–Crippen LogP) is -0.192. The lowest BCUT2D eigenvalue weighted by Gasteiger charge is -2.04. The number of hydrogen-bond donors (Lipinski definition) is 2. The molecule has 1 aromatic heterocycles. The highest BCUT2D eigenvalue weighted by atomic mass is 16.5. The van der Waals surface area contributed by atoms with E-state index < -0.39 is 5.54 Å². The molecule has 0 radical (unpaired) electrons. The summed E-state index contributed by atoms with van der Waals surface area (Å²) in [6.45, 7) is 1.68. The number of nitrogens with one attached hydrogen (secondary N) is 1. The van der Waals surface area contributed by atoms with Crippen molar-refractivity contribution in [3.63, 3.8) is 0 Å². The van der Waals surface area contributed by atoms with Crippen LogP contribution in [0.1, 0.15) is 18.7 Å². The molecule has 1 fully saturated rings. The highest BCUT2D eigenvalue weighted by Crippen LogP contribution is 2.33. The van der Waals surface area contributed by atoms with E-state index in [-0.39, 0.29) is 11.9 Å². The average Bonchev–Trinajstić information content (AvgIpc) is 2.69. The lowest BCUT2D eigenvalue weighted by Crippen LogP contribution is -2.37.